The van der Waals surface area contributed by atoms with Gasteiger partial charge in [0.15, 0.2) is 0 Å². The van der Waals surface area contributed by atoms with E-state index in [0.29, 0.717) is 13.1 Å². The lowest BCUT2D eigenvalue weighted by Crippen LogP contribution is -2.50. The molecule has 0 N–H and O–H groups in total. The van der Waals surface area contributed by atoms with Gasteiger partial charge in [-0.05, 0) is 28.3 Å². The van der Waals surface area contributed by atoms with Crippen molar-refractivity contribution >= 4 is 11.6 Å². The third-order valence-electron chi connectivity index (χ3n) is 7.02. The van der Waals surface area contributed by atoms with E-state index in [1.165, 1.54) is 11.1 Å². The zero-order chi connectivity index (χ0) is 24.9. The van der Waals surface area contributed by atoms with E-state index in [2.05, 4.69) is 83.8 Å². The molecule has 0 aliphatic carbocycles. The Balaban J connectivity index is 1.41. The molecule has 0 bridgehead atoms. The summed E-state index contributed by atoms with van der Waals surface area (Å²) in [6.07, 6.45) is 0. The predicted octanol–water partition coefficient (Wildman–Crippen LogP) is 5.97. The van der Waals surface area contributed by atoms with E-state index < -0.39 is 0 Å². The topological polar surface area (TPSA) is 26.8 Å². The molecule has 182 valence electrons. The fourth-order valence-electron chi connectivity index (χ4n) is 5.22. The molecule has 0 unspecified atom stereocenters. The maximum Gasteiger partial charge on any atom is 0.256 e. The van der Waals surface area contributed by atoms with Gasteiger partial charge in [-0.15, -0.1) is 0 Å². The molecular weight excluding hydrogens is 442 g/mol. The molecule has 0 atom stereocenters. The second-order valence-corrected chi connectivity index (χ2v) is 9.51. The highest BCUT2D eigenvalue weighted by atomic mass is 16.2. The van der Waals surface area contributed by atoms with E-state index in [9.17, 15) is 4.79 Å². The number of carbonyl (C=O) groups is 1. The summed E-state index contributed by atoms with van der Waals surface area (Å²) in [6.45, 7) is 3.05. The summed E-state index contributed by atoms with van der Waals surface area (Å²) in [6, 6.07) is 37.9. The minimum absolute atomic E-state index is 0.105. The van der Waals surface area contributed by atoms with Crippen LogP contribution in [0, 0.1) is 0 Å². The van der Waals surface area contributed by atoms with Gasteiger partial charge in [-0.2, -0.15) is 0 Å². The van der Waals surface area contributed by atoms with Gasteiger partial charge in [0.1, 0.15) is 0 Å². The summed E-state index contributed by atoms with van der Waals surface area (Å²) in [5.74, 6) is 0.105. The number of hydrogen-bond acceptors (Lipinski definition) is 3. The molecule has 36 heavy (non-hydrogen) atoms. The average Bonchev–Trinajstić information content (AvgIpc) is 2.94. The molecule has 1 saturated heterocycles. The van der Waals surface area contributed by atoms with Crippen molar-refractivity contribution in [1.29, 1.82) is 0 Å². The molecule has 1 amide bonds. The van der Waals surface area contributed by atoms with Crippen LogP contribution in [-0.4, -0.2) is 56.0 Å². The van der Waals surface area contributed by atoms with Crippen LogP contribution in [0.1, 0.15) is 27.5 Å². The smallest absolute Gasteiger partial charge is 0.256 e. The van der Waals surface area contributed by atoms with E-state index in [-0.39, 0.29) is 11.9 Å². The fraction of sp³-hybridized carbons (Fsp3) is 0.219. The highest BCUT2D eigenvalue weighted by Crippen LogP contribution is 2.33. The maximum absolute atomic E-state index is 14.0. The zero-order valence-corrected chi connectivity index (χ0v) is 21.0. The number of benzene rings is 4. The second kappa shape index (κ2) is 10.8. The Hall–Kier alpha value is -3.89. The van der Waals surface area contributed by atoms with Gasteiger partial charge < -0.3 is 9.80 Å². The summed E-state index contributed by atoms with van der Waals surface area (Å²) in [5, 5.41) is 0. The molecule has 1 heterocycles. The van der Waals surface area contributed by atoms with Crippen molar-refractivity contribution in [3.63, 3.8) is 0 Å². The Bertz CT molecular complexity index is 1240. The first-order valence-corrected chi connectivity index (χ1v) is 12.6. The molecular formula is C32H33N3O. The molecule has 5 rings (SSSR count). The monoisotopic (exact) mass is 475 g/mol. The summed E-state index contributed by atoms with van der Waals surface area (Å²) in [7, 11) is 4.01. The number of rotatable bonds is 6. The summed E-state index contributed by atoms with van der Waals surface area (Å²) in [4.78, 5) is 20.6. The van der Waals surface area contributed by atoms with Crippen LogP contribution < -0.4 is 4.90 Å². The van der Waals surface area contributed by atoms with Crippen molar-refractivity contribution in [2.45, 2.75) is 6.04 Å². The lowest BCUT2D eigenvalue weighted by Gasteiger charge is -2.40. The van der Waals surface area contributed by atoms with Gasteiger partial charge in [-0.1, -0.05) is 103 Å². The Morgan fingerprint density at radius 3 is 1.72 bits per heavy atom. The normalized spacial score (nSPS) is 14.1. The number of nitrogens with zero attached hydrogens (tertiary/aromatic N) is 3. The van der Waals surface area contributed by atoms with Gasteiger partial charge in [-0.3, -0.25) is 9.69 Å². The van der Waals surface area contributed by atoms with Crippen LogP contribution in [0.25, 0.3) is 11.1 Å². The first-order chi connectivity index (χ1) is 17.6. The van der Waals surface area contributed by atoms with Gasteiger partial charge in [-0.25, -0.2) is 0 Å². The molecule has 4 aromatic rings. The average molecular weight is 476 g/mol. The van der Waals surface area contributed by atoms with Crippen LogP contribution in [-0.2, 0) is 0 Å². The van der Waals surface area contributed by atoms with Gasteiger partial charge in [0.2, 0.25) is 0 Å². The first-order valence-electron chi connectivity index (χ1n) is 12.6. The molecule has 4 heteroatoms. The molecule has 1 aliphatic heterocycles. The molecule has 0 spiro atoms. The Morgan fingerprint density at radius 2 is 1.19 bits per heavy atom. The first kappa shape index (κ1) is 23.8. The number of amides is 1. The largest absolute Gasteiger partial charge is 0.377 e. The van der Waals surface area contributed by atoms with Crippen molar-refractivity contribution < 1.29 is 4.79 Å². The molecule has 1 fully saturated rings. The quantitative estimate of drug-likeness (QED) is 0.344. The third kappa shape index (κ3) is 4.91. The minimum Gasteiger partial charge on any atom is -0.377 e. The van der Waals surface area contributed by atoms with Crippen molar-refractivity contribution in [2.24, 2.45) is 0 Å². The van der Waals surface area contributed by atoms with Crippen molar-refractivity contribution in [1.82, 2.24) is 9.80 Å². The number of anilines is 1. The standard InChI is InChI=1S/C32H33N3O/c1-33(2)29-20-12-19-28(25-13-6-3-7-14-25)30(29)32(36)35-23-21-34(22-24-35)31(26-15-8-4-9-16-26)27-17-10-5-11-18-27/h3-20,31H,21-24H2,1-2H3. The summed E-state index contributed by atoms with van der Waals surface area (Å²) >= 11 is 0. The van der Waals surface area contributed by atoms with Crippen LogP contribution in [0.3, 0.4) is 0 Å². The Kier molecular flexibility index (Phi) is 7.15. The second-order valence-electron chi connectivity index (χ2n) is 9.51. The van der Waals surface area contributed by atoms with Gasteiger partial charge in [0, 0.05) is 46.0 Å². The van der Waals surface area contributed by atoms with Crippen molar-refractivity contribution in [3.05, 3.63) is 126 Å². The van der Waals surface area contributed by atoms with Crippen LogP contribution in [0.4, 0.5) is 5.69 Å². The van der Waals surface area contributed by atoms with E-state index >= 15 is 0 Å². The number of carbonyl (C=O) groups excluding carboxylic acids is 1. The SMILES string of the molecule is CN(C)c1cccc(-c2ccccc2)c1C(=O)N1CCN(C(c2ccccc2)c2ccccc2)CC1. The summed E-state index contributed by atoms with van der Waals surface area (Å²) < 4.78 is 0. The van der Waals surface area contributed by atoms with Gasteiger partial charge in [0.25, 0.3) is 5.91 Å². The van der Waals surface area contributed by atoms with E-state index in [0.717, 1.165) is 35.5 Å². The van der Waals surface area contributed by atoms with Gasteiger partial charge >= 0.3 is 0 Å². The van der Waals surface area contributed by atoms with E-state index in [4.69, 9.17) is 0 Å². The van der Waals surface area contributed by atoms with E-state index in [1.807, 2.05) is 54.2 Å². The van der Waals surface area contributed by atoms with Crippen molar-refractivity contribution in [3.8, 4) is 11.1 Å². The van der Waals surface area contributed by atoms with Crippen LogP contribution in [0.5, 0.6) is 0 Å². The highest BCUT2D eigenvalue weighted by Gasteiger charge is 2.30. The molecule has 0 radical (unpaired) electrons. The molecule has 4 aromatic carbocycles. The molecule has 0 saturated carbocycles. The highest BCUT2D eigenvalue weighted by molar-refractivity contribution is 6.06. The molecule has 4 nitrogen and oxygen atoms in total. The molecule has 0 aromatic heterocycles. The van der Waals surface area contributed by atoms with Gasteiger partial charge in [0.05, 0.1) is 11.6 Å². The maximum atomic E-state index is 14.0. The molecule has 1 aliphatic rings. The van der Waals surface area contributed by atoms with Crippen LogP contribution >= 0.6 is 0 Å². The van der Waals surface area contributed by atoms with Crippen LogP contribution in [0.15, 0.2) is 109 Å². The Labute approximate surface area is 214 Å². The fourth-order valence-corrected chi connectivity index (χ4v) is 5.22. The Morgan fingerprint density at radius 1 is 0.667 bits per heavy atom. The predicted molar refractivity (Wildman–Crippen MR) is 148 cm³/mol. The lowest BCUT2D eigenvalue weighted by molar-refractivity contribution is 0.0598. The third-order valence-corrected chi connectivity index (χ3v) is 7.02. The van der Waals surface area contributed by atoms with Crippen LogP contribution in [0.2, 0.25) is 0 Å². The number of hydrogen-bond donors (Lipinski definition) is 0. The minimum atomic E-state index is 0.105. The number of piperazine rings is 1. The zero-order valence-electron chi connectivity index (χ0n) is 21.0. The summed E-state index contributed by atoms with van der Waals surface area (Å²) in [5.41, 5.74) is 6.36. The van der Waals surface area contributed by atoms with E-state index in [1.54, 1.807) is 0 Å². The lowest BCUT2D eigenvalue weighted by atomic mass is 9.95. The van der Waals surface area contributed by atoms with Crippen molar-refractivity contribution in [2.75, 3.05) is 45.2 Å².